The van der Waals surface area contributed by atoms with Crippen molar-refractivity contribution in [2.75, 3.05) is 0 Å². The van der Waals surface area contributed by atoms with Gasteiger partial charge >= 0.3 is 5.97 Å². The molecule has 5 heteroatoms. The highest BCUT2D eigenvalue weighted by atomic mass is 19.1. The number of rotatable bonds is 4. The first-order chi connectivity index (χ1) is 10.1. The van der Waals surface area contributed by atoms with Gasteiger partial charge in [-0.3, -0.25) is 4.79 Å². The molecule has 0 spiro atoms. The van der Waals surface area contributed by atoms with Crippen LogP contribution in [0.1, 0.15) is 34.9 Å². The lowest BCUT2D eigenvalue weighted by molar-refractivity contribution is -0.138. The maximum Gasteiger partial charge on any atom is 0.312 e. The van der Waals surface area contributed by atoms with E-state index in [2.05, 4.69) is 9.97 Å². The van der Waals surface area contributed by atoms with E-state index < -0.39 is 11.9 Å². The van der Waals surface area contributed by atoms with Gasteiger partial charge in [-0.1, -0.05) is 12.1 Å². The molecule has 0 fully saturated rings. The van der Waals surface area contributed by atoms with Crippen LogP contribution in [0.25, 0.3) is 0 Å². The van der Waals surface area contributed by atoms with Gasteiger partial charge in [0, 0.05) is 5.69 Å². The molecule has 1 unspecified atom stereocenters. The maximum atomic E-state index is 13.3. The molecule has 21 heavy (non-hydrogen) atoms. The van der Waals surface area contributed by atoms with E-state index in [0.717, 1.165) is 30.5 Å². The lowest BCUT2D eigenvalue weighted by Crippen LogP contribution is -2.18. The van der Waals surface area contributed by atoms with Gasteiger partial charge < -0.3 is 5.11 Å². The summed E-state index contributed by atoms with van der Waals surface area (Å²) in [7, 11) is 0. The van der Waals surface area contributed by atoms with E-state index in [4.69, 9.17) is 0 Å². The highest BCUT2D eigenvalue weighted by Crippen LogP contribution is 2.29. The van der Waals surface area contributed by atoms with Gasteiger partial charge in [0.1, 0.15) is 18.1 Å². The van der Waals surface area contributed by atoms with Gasteiger partial charge in [0.05, 0.1) is 5.69 Å². The zero-order chi connectivity index (χ0) is 14.8. The normalized spacial score (nSPS) is 14.7. The van der Waals surface area contributed by atoms with Crippen molar-refractivity contribution in [3.8, 4) is 0 Å². The summed E-state index contributed by atoms with van der Waals surface area (Å²) in [5, 5.41) is 9.53. The molecule has 0 saturated carbocycles. The minimum absolute atomic E-state index is 0.233. The Bertz CT molecular complexity index is 688. The first kappa shape index (κ1) is 13.7. The fraction of sp³-hybridized carbons (Fsp3) is 0.312. The van der Waals surface area contributed by atoms with Gasteiger partial charge in [0.25, 0.3) is 0 Å². The van der Waals surface area contributed by atoms with Gasteiger partial charge in [-0.15, -0.1) is 0 Å². The van der Waals surface area contributed by atoms with E-state index in [1.807, 2.05) is 0 Å². The number of aliphatic carboxylic acids is 1. The number of hydrogen-bond acceptors (Lipinski definition) is 3. The van der Waals surface area contributed by atoms with Crippen molar-refractivity contribution in [3.63, 3.8) is 0 Å². The van der Waals surface area contributed by atoms with E-state index in [9.17, 15) is 14.3 Å². The molecule has 0 saturated heterocycles. The van der Waals surface area contributed by atoms with Crippen LogP contribution in [0.4, 0.5) is 4.39 Å². The van der Waals surface area contributed by atoms with Crippen molar-refractivity contribution in [3.05, 3.63) is 58.9 Å². The maximum absolute atomic E-state index is 13.3. The van der Waals surface area contributed by atoms with Gasteiger partial charge in [-0.2, -0.15) is 0 Å². The number of benzene rings is 1. The molecule has 1 aliphatic rings. The van der Waals surface area contributed by atoms with Gasteiger partial charge in [-0.05, 0) is 48.9 Å². The van der Waals surface area contributed by atoms with Crippen molar-refractivity contribution in [1.82, 2.24) is 9.97 Å². The Morgan fingerprint density at radius 3 is 2.95 bits per heavy atom. The van der Waals surface area contributed by atoms with Crippen molar-refractivity contribution in [2.45, 2.75) is 31.6 Å². The Morgan fingerprint density at radius 1 is 1.33 bits per heavy atom. The van der Waals surface area contributed by atoms with Crippen LogP contribution in [-0.4, -0.2) is 21.0 Å². The first-order valence-electron chi connectivity index (χ1n) is 6.95. The van der Waals surface area contributed by atoms with E-state index in [-0.39, 0.29) is 12.2 Å². The van der Waals surface area contributed by atoms with Crippen molar-refractivity contribution in [2.24, 2.45) is 0 Å². The molecule has 0 radical (unpaired) electrons. The molecule has 2 aromatic rings. The Kier molecular flexibility index (Phi) is 3.64. The van der Waals surface area contributed by atoms with Crippen molar-refractivity contribution in [1.29, 1.82) is 0 Å². The summed E-state index contributed by atoms with van der Waals surface area (Å²) in [6.45, 7) is 0. The number of aryl methyl sites for hydroxylation is 1. The molecule has 3 rings (SSSR count). The van der Waals surface area contributed by atoms with Crippen LogP contribution in [0.5, 0.6) is 0 Å². The average Bonchev–Trinajstić information content (AvgIpc) is 2.93. The number of hydrogen-bond donors (Lipinski definition) is 1. The molecule has 1 aliphatic carbocycles. The molecular formula is C16H15FN2O2. The average molecular weight is 286 g/mol. The molecule has 1 N–H and O–H groups in total. The predicted octanol–water partition coefficient (Wildman–Crippen LogP) is 2.52. The van der Waals surface area contributed by atoms with Crippen molar-refractivity contribution < 1.29 is 14.3 Å². The number of nitrogens with zero attached hydrogens (tertiary/aromatic N) is 2. The van der Waals surface area contributed by atoms with Crippen LogP contribution in [0.2, 0.25) is 0 Å². The number of carboxylic acid groups (broad SMARTS) is 1. The summed E-state index contributed by atoms with van der Waals surface area (Å²) in [6.07, 6.45) is 4.33. The smallest absolute Gasteiger partial charge is 0.312 e. The van der Waals surface area contributed by atoms with E-state index in [0.29, 0.717) is 11.3 Å². The standard InChI is InChI=1S/C16H15FN2O2/c17-11-4-1-3-10(7-11)8-13(16(20)21)15-12-5-2-6-14(12)18-9-19-15/h1,3-4,7,9,13H,2,5-6,8H2,(H,20,21). The van der Waals surface area contributed by atoms with E-state index in [1.165, 1.54) is 18.5 Å². The second-order valence-corrected chi connectivity index (χ2v) is 5.26. The molecule has 108 valence electrons. The molecule has 0 amide bonds. The highest BCUT2D eigenvalue weighted by Gasteiger charge is 2.28. The quantitative estimate of drug-likeness (QED) is 0.938. The Balaban J connectivity index is 1.96. The number of halogens is 1. The monoisotopic (exact) mass is 286 g/mol. The summed E-state index contributed by atoms with van der Waals surface area (Å²) >= 11 is 0. The topological polar surface area (TPSA) is 63.1 Å². The molecular weight excluding hydrogens is 271 g/mol. The van der Waals surface area contributed by atoms with Gasteiger partial charge in [0.15, 0.2) is 0 Å². The zero-order valence-electron chi connectivity index (χ0n) is 11.4. The molecule has 0 bridgehead atoms. The van der Waals surface area contributed by atoms with Crippen LogP contribution < -0.4 is 0 Å². The molecule has 0 aliphatic heterocycles. The van der Waals surface area contributed by atoms with Crippen LogP contribution >= 0.6 is 0 Å². The number of aromatic nitrogens is 2. The molecule has 1 atom stereocenters. The van der Waals surface area contributed by atoms with Gasteiger partial charge in [-0.25, -0.2) is 14.4 Å². The summed E-state index contributed by atoms with van der Waals surface area (Å²) < 4.78 is 13.3. The Labute approximate surface area is 121 Å². The molecule has 4 nitrogen and oxygen atoms in total. The van der Waals surface area contributed by atoms with Crippen LogP contribution in [-0.2, 0) is 24.1 Å². The second kappa shape index (κ2) is 5.60. The SMILES string of the molecule is O=C(O)C(Cc1cccc(F)c1)c1ncnc2c1CCC2. The third kappa shape index (κ3) is 2.77. The largest absolute Gasteiger partial charge is 0.481 e. The summed E-state index contributed by atoms with van der Waals surface area (Å²) in [5.41, 5.74) is 3.15. The Hall–Kier alpha value is -2.30. The molecule has 1 aromatic heterocycles. The number of carbonyl (C=O) groups is 1. The second-order valence-electron chi connectivity index (χ2n) is 5.26. The number of fused-ring (bicyclic) bond motifs is 1. The fourth-order valence-electron chi connectivity index (χ4n) is 2.89. The highest BCUT2D eigenvalue weighted by molar-refractivity contribution is 5.76. The van der Waals surface area contributed by atoms with Gasteiger partial charge in [0.2, 0.25) is 0 Å². The summed E-state index contributed by atoms with van der Waals surface area (Å²) in [6, 6.07) is 6.05. The predicted molar refractivity (Wildman–Crippen MR) is 74.5 cm³/mol. The van der Waals surface area contributed by atoms with Crippen molar-refractivity contribution >= 4 is 5.97 Å². The first-order valence-corrected chi connectivity index (χ1v) is 6.95. The van der Waals surface area contributed by atoms with Crippen LogP contribution in [0, 0.1) is 5.82 Å². The van der Waals surface area contributed by atoms with E-state index in [1.54, 1.807) is 12.1 Å². The van der Waals surface area contributed by atoms with Crippen LogP contribution in [0.3, 0.4) is 0 Å². The third-order valence-electron chi connectivity index (χ3n) is 3.87. The fourth-order valence-corrected chi connectivity index (χ4v) is 2.89. The minimum atomic E-state index is -0.938. The van der Waals surface area contributed by atoms with E-state index >= 15 is 0 Å². The third-order valence-corrected chi connectivity index (χ3v) is 3.87. The summed E-state index contributed by atoms with van der Waals surface area (Å²) in [4.78, 5) is 20.1. The van der Waals surface area contributed by atoms with Crippen LogP contribution in [0.15, 0.2) is 30.6 Å². The Morgan fingerprint density at radius 2 is 2.19 bits per heavy atom. The summed E-state index contributed by atoms with van der Waals surface area (Å²) in [5.74, 6) is -2.06. The lowest BCUT2D eigenvalue weighted by Gasteiger charge is -2.15. The lowest BCUT2D eigenvalue weighted by atomic mass is 9.92. The zero-order valence-corrected chi connectivity index (χ0v) is 11.4. The minimum Gasteiger partial charge on any atom is -0.481 e. The molecule has 1 heterocycles. The molecule has 1 aromatic carbocycles. The number of carboxylic acids is 1.